The molecule has 6 nitrogen and oxygen atoms in total. The molecule has 2 aliphatic heterocycles. The number of pyridine rings is 2. The molecule has 4 aromatic rings. The van der Waals surface area contributed by atoms with Gasteiger partial charge in [0.15, 0.2) is 16.6 Å². The van der Waals surface area contributed by atoms with Gasteiger partial charge in [0.2, 0.25) is 0 Å². The smallest absolute Gasteiger partial charge is 0.187 e. The first-order valence-electron chi connectivity index (χ1n) is 11.0. The standard InChI is InChI=1S/C23H25FN6S.ClH/c1-13-11-30-12-14(8-18(24)21(30)25-13)19-6-7-20-22(27-19)31-23(28-20)29(2)17-9-15-4-3-5-16(10-17)26-15;/h6-8,11-12,15-17,26H,3-5,9-10H2,1-2H3;1H/t15-,16+,17?;. The summed E-state index contributed by atoms with van der Waals surface area (Å²) in [6.07, 6.45) is 9.96. The zero-order valence-corrected chi connectivity index (χ0v) is 19.7. The van der Waals surface area contributed by atoms with Gasteiger partial charge in [-0.15, -0.1) is 12.4 Å². The van der Waals surface area contributed by atoms with Crippen LogP contribution in [-0.4, -0.2) is 44.5 Å². The van der Waals surface area contributed by atoms with E-state index in [4.69, 9.17) is 9.97 Å². The van der Waals surface area contributed by atoms with Crippen LogP contribution in [0.3, 0.4) is 0 Å². The molecule has 1 N–H and O–H groups in total. The number of halogens is 2. The monoisotopic (exact) mass is 472 g/mol. The number of imidazole rings is 1. The average molecular weight is 473 g/mol. The third kappa shape index (κ3) is 3.74. The second-order valence-electron chi connectivity index (χ2n) is 8.93. The molecule has 2 fully saturated rings. The van der Waals surface area contributed by atoms with Crippen molar-refractivity contribution in [3.8, 4) is 11.3 Å². The van der Waals surface area contributed by atoms with Crippen molar-refractivity contribution in [1.82, 2.24) is 24.7 Å². The Balaban J connectivity index is 0.00000216. The van der Waals surface area contributed by atoms with Gasteiger partial charge in [-0.05, 0) is 50.8 Å². The minimum Gasteiger partial charge on any atom is -0.348 e. The molecule has 0 spiro atoms. The molecular weight excluding hydrogens is 447 g/mol. The number of hydrogen-bond acceptors (Lipinski definition) is 6. The molecule has 6 rings (SSSR count). The van der Waals surface area contributed by atoms with Gasteiger partial charge in [-0.25, -0.2) is 19.3 Å². The Morgan fingerprint density at radius 1 is 1.12 bits per heavy atom. The highest BCUT2D eigenvalue weighted by Gasteiger charge is 2.33. The molecule has 9 heteroatoms. The van der Waals surface area contributed by atoms with Crippen molar-refractivity contribution in [2.24, 2.45) is 0 Å². The highest BCUT2D eigenvalue weighted by molar-refractivity contribution is 7.21. The minimum atomic E-state index is -0.339. The second kappa shape index (κ2) is 8.24. The minimum absolute atomic E-state index is 0. The van der Waals surface area contributed by atoms with Crippen molar-refractivity contribution in [3.63, 3.8) is 0 Å². The largest absolute Gasteiger partial charge is 0.348 e. The van der Waals surface area contributed by atoms with E-state index in [0.717, 1.165) is 32.4 Å². The summed E-state index contributed by atoms with van der Waals surface area (Å²) in [6.45, 7) is 1.86. The number of hydrogen-bond donors (Lipinski definition) is 1. The molecule has 168 valence electrons. The van der Waals surface area contributed by atoms with E-state index >= 15 is 0 Å². The quantitative estimate of drug-likeness (QED) is 0.455. The van der Waals surface area contributed by atoms with Gasteiger partial charge < -0.3 is 14.6 Å². The number of fused-ring (bicyclic) bond motifs is 4. The molecule has 0 aliphatic carbocycles. The zero-order chi connectivity index (χ0) is 21.1. The second-order valence-corrected chi connectivity index (χ2v) is 9.89. The summed E-state index contributed by atoms with van der Waals surface area (Å²) >= 11 is 1.62. The van der Waals surface area contributed by atoms with Crippen LogP contribution >= 0.6 is 23.7 Å². The van der Waals surface area contributed by atoms with Crippen molar-refractivity contribution in [3.05, 3.63) is 42.1 Å². The van der Waals surface area contributed by atoms with Gasteiger partial charge in [-0.3, -0.25) is 0 Å². The van der Waals surface area contributed by atoms with Crippen LogP contribution < -0.4 is 10.2 Å². The van der Waals surface area contributed by atoms with Crippen LogP contribution in [0.15, 0.2) is 30.6 Å². The Morgan fingerprint density at radius 2 is 1.91 bits per heavy atom. The molecule has 1 unspecified atom stereocenters. The fraction of sp³-hybridized carbons (Fsp3) is 0.435. The summed E-state index contributed by atoms with van der Waals surface area (Å²) in [5, 5.41) is 4.78. The van der Waals surface area contributed by atoms with Crippen LogP contribution in [0.1, 0.15) is 37.8 Å². The number of rotatable bonds is 3. The van der Waals surface area contributed by atoms with Gasteiger partial charge in [-0.1, -0.05) is 17.8 Å². The van der Waals surface area contributed by atoms with Crippen molar-refractivity contribution in [1.29, 1.82) is 0 Å². The molecule has 6 heterocycles. The summed E-state index contributed by atoms with van der Waals surface area (Å²) in [4.78, 5) is 17.1. The van der Waals surface area contributed by atoms with Gasteiger partial charge in [0, 0.05) is 43.1 Å². The maximum absolute atomic E-state index is 14.5. The maximum Gasteiger partial charge on any atom is 0.187 e. The number of piperidine rings is 2. The first-order valence-corrected chi connectivity index (χ1v) is 11.8. The van der Waals surface area contributed by atoms with E-state index in [-0.39, 0.29) is 18.2 Å². The molecule has 2 bridgehead atoms. The van der Waals surface area contributed by atoms with E-state index in [9.17, 15) is 4.39 Å². The Morgan fingerprint density at radius 3 is 2.69 bits per heavy atom. The fourth-order valence-electron chi connectivity index (χ4n) is 5.14. The van der Waals surface area contributed by atoms with Crippen LogP contribution in [0.4, 0.5) is 9.52 Å². The van der Waals surface area contributed by atoms with E-state index in [1.807, 2.05) is 31.5 Å². The van der Waals surface area contributed by atoms with Crippen molar-refractivity contribution in [2.45, 2.75) is 57.2 Å². The first-order chi connectivity index (χ1) is 15.0. The molecule has 32 heavy (non-hydrogen) atoms. The molecule has 0 saturated carbocycles. The molecule has 0 amide bonds. The molecule has 3 atom stereocenters. The summed E-state index contributed by atoms with van der Waals surface area (Å²) in [6, 6.07) is 7.20. The number of nitrogens with zero attached hydrogens (tertiary/aromatic N) is 5. The van der Waals surface area contributed by atoms with Gasteiger partial charge in [-0.2, -0.15) is 0 Å². The van der Waals surface area contributed by atoms with E-state index < -0.39 is 0 Å². The molecule has 0 aromatic carbocycles. The molecule has 0 radical (unpaired) electrons. The Bertz CT molecular complexity index is 1270. The van der Waals surface area contributed by atoms with Gasteiger partial charge in [0.1, 0.15) is 10.3 Å². The number of aryl methyl sites for hydroxylation is 1. The number of anilines is 1. The summed E-state index contributed by atoms with van der Waals surface area (Å²) < 4.78 is 16.3. The van der Waals surface area contributed by atoms with Crippen molar-refractivity contribution >= 4 is 44.9 Å². The predicted molar refractivity (Wildman–Crippen MR) is 130 cm³/mol. The first kappa shape index (κ1) is 21.6. The molecular formula is C23H26ClFN6S. The number of nitrogens with one attached hydrogen (secondary N) is 1. The summed E-state index contributed by atoms with van der Waals surface area (Å²) in [7, 11) is 2.16. The SMILES string of the molecule is Cc1cn2cc(-c3ccc4nc(N(C)C5C[C@H]6CCC[C@@H](C5)N6)sc4n3)cc(F)c2n1.Cl. The average Bonchev–Trinajstić information content (AvgIpc) is 3.35. The lowest BCUT2D eigenvalue weighted by Gasteiger charge is -2.43. The number of thiazole rings is 1. The Labute approximate surface area is 196 Å². The Hall–Kier alpha value is -2.29. The van der Waals surface area contributed by atoms with E-state index in [2.05, 4.69) is 22.2 Å². The van der Waals surface area contributed by atoms with Crippen LogP contribution in [0, 0.1) is 12.7 Å². The lowest BCUT2D eigenvalue weighted by Crippen LogP contribution is -2.54. The van der Waals surface area contributed by atoms with Gasteiger partial charge >= 0.3 is 0 Å². The van der Waals surface area contributed by atoms with Crippen molar-refractivity contribution < 1.29 is 4.39 Å². The lowest BCUT2D eigenvalue weighted by atomic mass is 9.83. The van der Waals surface area contributed by atoms with Crippen LogP contribution in [0.25, 0.3) is 27.3 Å². The molecule has 2 aliphatic rings. The van der Waals surface area contributed by atoms with E-state index in [1.54, 1.807) is 15.7 Å². The van der Waals surface area contributed by atoms with Crippen LogP contribution in [-0.2, 0) is 0 Å². The summed E-state index contributed by atoms with van der Waals surface area (Å²) in [5.74, 6) is -0.339. The van der Waals surface area contributed by atoms with Gasteiger partial charge in [0.05, 0.1) is 11.4 Å². The highest BCUT2D eigenvalue weighted by atomic mass is 35.5. The zero-order valence-electron chi connectivity index (χ0n) is 18.1. The maximum atomic E-state index is 14.5. The van der Waals surface area contributed by atoms with Crippen LogP contribution in [0.2, 0.25) is 0 Å². The third-order valence-corrected chi connectivity index (χ3v) is 7.76. The molecule has 2 saturated heterocycles. The summed E-state index contributed by atoms with van der Waals surface area (Å²) in [5.41, 5.74) is 3.50. The predicted octanol–water partition coefficient (Wildman–Crippen LogP) is 4.98. The van der Waals surface area contributed by atoms with Crippen molar-refractivity contribution in [2.75, 3.05) is 11.9 Å². The van der Waals surface area contributed by atoms with Crippen LogP contribution in [0.5, 0.6) is 0 Å². The Kier molecular flexibility index (Phi) is 5.55. The van der Waals surface area contributed by atoms with E-state index in [1.165, 1.54) is 38.2 Å². The normalized spacial score (nSPS) is 22.8. The number of aromatic nitrogens is 4. The fourth-order valence-corrected chi connectivity index (χ4v) is 6.12. The third-order valence-electron chi connectivity index (χ3n) is 6.71. The lowest BCUT2D eigenvalue weighted by molar-refractivity contribution is 0.219. The van der Waals surface area contributed by atoms with E-state index in [0.29, 0.717) is 23.8 Å². The highest BCUT2D eigenvalue weighted by Crippen LogP contribution is 2.34. The topological polar surface area (TPSA) is 58.4 Å². The molecule has 4 aromatic heterocycles. The van der Waals surface area contributed by atoms with Gasteiger partial charge in [0.25, 0.3) is 0 Å².